The first-order valence-electron chi connectivity index (χ1n) is 28.1. The number of nitrogens with two attached hydrogens (primary N) is 1. The van der Waals surface area contributed by atoms with Gasteiger partial charge in [0.1, 0.15) is 12.1 Å². The molecule has 34 nitrogen and oxygen atoms in total. The number of fused-ring (bicyclic) bond motifs is 2. The molecule has 9 rings (SSSR count). The van der Waals surface area contributed by atoms with Crippen LogP contribution in [0.4, 0.5) is 0 Å². The van der Waals surface area contributed by atoms with Crippen molar-refractivity contribution in [3.05, 3.63) is 0 Å². The van der Waals surface area contributed by atoms with Crippen molar-refractivity contribution in [3.63, 3.8) is 0 Å². The minimum atomic E-state index is -1.41. The quantitative estimate of drug-likeness (QED) is 0.116. The van der Waals surface area contributed by atoms with Crippen molar-refractivity contribution < 1.29 is 81.8 Å². The molecule has 9 aliphatic heterocycles. The highest BCUT2D eigenvalue weighted by Crippen LogP contribution is 2.31. The summed E-state index contributed by atoms with van der Waals surface area (Å²) in [6, 6.07) is -3.84. The van der Waals surface area contributed by atoms with E-state index in [1.54, 1.807) is 14.7 Å². The second kappa shape index (κ2) is 36.6. The predicted molar refractivity (Wildman–Crippen MR) is 312 cm³/mol. The van der Waals surface area contributed by atoms with Gasteiger partial charge in [0.15, 0.2) is 0 Å². The van der Waals surface area contributed by atoms with Crippen molar-refractivity contribution in [1.82, 2.24) is 83.4 Å². The van der Waals surface area contributed by atoms with Crippen molar-refractivity contribution >= 4 is 130 Å². The number of hydrogen-bond acceptors (Lipinski definition) is 21. The lowest BCUT2D eigenvalue weighted by Crippen LogP contribution is -2.59. The molecule has 9 heterocycles. The molecule has 9 saturated heterocycles. The Hall–Kier alpha value is -7.51. The smallest absolute Gasteiger partial charge is 0.327 e. The third kappa shape index (κ3) is 25.4. The third-order valence-electron chi connectivity index (χ3n) is 14.3. The van der Waals surface area contributed by atoms with E-state index in [-0.39, 0.29) is 70.4 Å². The van der Waals surface area contributed by atoms with Crippen LogP contribution >= 0.6 is 35.3 Å². The maximum absolute atomic E-state index is 13.8. The van der Waals surface area contributed by atoms with Gasteiger partial charge in [-0.15, -0.1) is 35.3 Å². The molecule has 37 heteroatoms. The average molecular weight is 1280 g/mol. The maximum Gasteiger partial charge on any atom is 0.327 e. The van der Waals surface area contributed by atoms with Crippen molar-refractivity contribution in [2.24, 2.45) is 5.73 Å². The molecule has 0 spiro atoms. The van der Waals surface area contributed by atoms with Crippen LogP contribution in [0.5, 0.6) is 0 Å². The van der Waals surface area contributed by atoms with E-state index in [1.807, 2.05) is 0 Å². The Morgan fingerprint density at radius 1 is 0.368 bits per heavy atom. The van der Waals surface area contributed by atoms with Crippen LogP contribution in [0.15, 0.2) is 0 Å². The molecule has 0 aromatic rings. The molecule has 9 aliphatic rings. The Morgan fingerprint density at radius 3 is 0.977 bits per heavy atom. The molecular weight excluding hydrogens is 1210 g/mol. The van der Waals surface area contributed by atoms with Crippen molar-refractivity contribution in [3.8, 4) is 0 Å². The van der Waals surface area contributed by atoms with E-state index < -0.39 is 160 Å². The molecule has 9 fully saturated rings. The molecule has 87 heavy (non-hydrogen) atoms. The van der Waals surface area contributed by atoms with Crippen LogP contribution < -0.4 is 69.5 Å². The zero-order chi connectivity index (χ0) is 63.4. The second-order valence-corrected chi connectivity index (χ2v) is 23.8. The van der Waals surface area contributed by atoms with Crippen molar-refractivity contribution in [1.29, 1.82) is 0 Å². The Balaban J connectivity index is 1.32. The van der Waals surface area contributed by atoms with Gasteiger partial charge in [0, 0.05) is 74.7 Å². The maximum atomic E-state index is 13.8. The number of amides is 15. The highest BCUT2D eigenvalue weighted by atomic mass is 32.2. The summed E-state index contributed by atoms with van der Waals surface area (Å²) in [5.74, 6) is -12.4. The first kappa shape index (κ1) is 70.3. The monoisotopic (exact) mass is 1280 g/mol. The van der Waals surface area contributed by atoms with Gasteiger partial charge in [0.2, 0.25) is 88.6 Å². The summed E-state index contributed by atoms with van der Waals surface area (Å²) >= 11 is 3.19. The van der Waals surface area contributed by atoms with E-state index in [0.29, 0.717) is 77.8 Å². The van der Waals surface area contributed by atoms with E-state index in [2.05, 4.69) is 68.7 Å². The van der Waals surface area contributed by atoms with E-state index in [4.69, 9.17) is 5.73 Å². The van der Waals surface area contributed by atoms with Crippen LogP contribution in [0.2, 0.25) is 0 Å². The molecule has 4 atom stereocenters. The van der Waals surface area contributed by atoms with Gasteiger partial charge >= 0.3 is 5.97 Å². The van der Waals surface area contributed by atoms with Crippen LogP contribution in [0.1, 0.15) is 38.5 Å². The number of piperidine rings is 3. The SMILES string of the molecule is N[C@H]1CSCC(=O)N2CCC(CC2)N2C3CCN(CC3)C(=O)CSC[C@@H](C(=O)O)NC(=O)CNC(=O)CNC(=O)CNC(=O)CNC(=O)CNC(=O)[C@H](CSCC(=O)N3CCC2CC3)NC(=O)CNC(=O)CNC(=O)CNC(=O)CNC(=O)CNC1=O. The highest BCUT2D eigenvalue weighted by Gasteiger charge is 2.39. The predicted octanol–water partition coefficient (Wildman–Crippen LogP) is -9.97. The minimum absolute atomic E-state index is 0.00284. The van der Waals surface area contributed by atoms with Gasteiger partial charge < -0.3 is 89.3 Å². The normalized spacial score (nSPS) is 27.5. The number of carbonyl (C=O) groups excluding carboxylic acids is 15. The molecular formula is C50H77N17O17S3. The number of carbonyl (C=O) groups is 16. The zero-order valence-electron chi connectivity index (χ0n) is 47.8. The van der Waals surface area contributed by atoms with Crippen LogP contribution in [0.25, 0.3) is 0 Å². The molecule has 8 bridgehead atoms. The van der Waals surface area contributed by atoms with Crippen LogP contribution in [-0.4, -0.2) is 295 Å². The van der Waals surface area contributed by atoms with Gasteiger partial charge in [-0.1, -0.05) is 0 Å². The Labute approximate surface area is 512 Å². The Morgan fingerprint density at radius 2 is 0.644 bits per heavy atom. The molecule has 1 unspecified atom stereocenters. The fourth-order valence-electron chi connectivity index (χ4n) is 9.65. The van der Waals surface area contributed by atoms with E-state index >= 15 is 0 Å². The number of aliphatic carboxylic acids is 1. The summed E-state index contributed by atoms with van der Waals surface area (Å²) in [7, 11) is 0. The summed E-state index contributed by atoms with van der Waals surface area (Å²) in [5.41, 5.74) is 6.06. The van der Waals surface area contributed by atoms with Crippen molar-refractivity contribution in [2.45, 2.75) is 74.8 Å². The summed E-state index contributed by atoms with van der Waals surface area (Å²) in [6.07, 6.45) is 3.60. The van der Waals surface area contributed by atoms with Gasteiger partial charge in [-0.25, -0.2) is 4.79 Å². The summed E-state index contributed by atoms with van der Waals surface area (Å²) in [5, 5.41) is 37.3. The minimum Gasteiger partial charge on any atom is -0.480 e. The van der Waals surface area contributed by atoms with Gasteiger partial charge in [0.25, 0.3) is 0 Å². The first-order valence-corrected chi connectivity index (χ1v) is 31.6. The van der Waals surface area contributed by atoms with Gasteiger partial charge in [-0.2, -0.15) is 0 Å². The van der Waals surface area contributed by atoms with Crippen LogP contribution in [-0.2, 0) is 76.7 Å². The fraction of sp³-hybridized carbons (Fsp3) is 0.680. The van der Waals surface area contributed by atoms with Gasteiger partial charge in [-0.3, -0.25) is 76.8 Å². The molecule has 0 aliphatic carbocycles. The fourth-order valence-corrected chi connectivity index (χ4v) is 12.4. The first-order chi connectivity index (χ1) is 41.5. The number of thioether (sulfide) groups is 3. The number of carboxylic acid groups (broad SMARTS) is 1. The number of nitrogens with one attached hydrogen (secondary N) is 12. The molecule has 15 N–H and O–H groups in total. The van der Waals surface area contributed by atoms with Crippen LogP contribution in [0.3, 0.4) is 0 Å². The summed E-state index contributed by atoms with van der Waals surface area (Å²) < 4.78 is 0. The summed E-state index contributed by atoms with van der Waals surface area (Å²) in [4.78, 5) is 212. The summed E-state index contributed by atoms with van der Waals surface area (Å²) in [6.45, 7) is -3.93. The number of nitrogens with zero attached hydrogens (tertiary/aromatic N) is 4. The Bertz CT molecular complexity index is 2550. The van der Waals surface area contributed by atoms with E-state index in [0.717, 1.165) is 35.3 Å². The van der Waals surface area contributed by atoms with Gasteiger partial charge in [-0.05, 0) is 38.5 Å². The highest BCUT2D eigenvalue weighted by molar-refractivity contribution is 8.00. The van der Waals surface area contributed by atoms with Crippen LogP contribution in [0, 0.1) is 0 Å². The molecule has 15 amide bonds. The van der Waals surface area contributed by atoms with Crippen molar-refractivity contribution in [2.75, 3.05) is 139 Å². The number of hydrogen-bond donors (Lipinski definition) is 14. The molecule has 0 saturated carbocycles. The lowest BCUT2D eigenvalue weighted by Gasteiger charge is -2.50. The Kier molecular flexibility index (Phi) is 29.5. The third-order valence-corrected chi connectivity index (χ3v) is 17.4. The molecule has 0 aromatic heterocycles. The lowest BCUT2D eigenvalue weighted by atomic mass is 9.90. The number of carboxylic acids is 1. The van der Waals surface area contributed by atoms with E-state index in [1.165, 1.54) is 0 Å². The average Bonchev–Trinajstić information content (AvgIpc) is 1.66. The largest absolute Gasteiger partial charge is 0.480 e. The topological polar surface area (TPSA) is 477 Å². The number of rotatable bonds is 1. The molecule has 482 valence electrons. The van der Waals surface area contributed by atoms with E-state index in [9.17, 15) is 81.8 Å². The standard InChI is InChI=1S/C50H77N17O17S3/c51-32-23-85-26-45(78)64-7-1-29(2-8-64)67-30-3-9-65(10-4-30)46(79)27-86-24-33(62-43(76)21-58-39(72)17-54-35(68)13-52-37(70)15-56-41(74)19-60-48(32)81)49(82)61-20-42(75)57-16-38(71)53-14-36(69)55-18-40(73)59-22-44(77)63-34(50(83)84)25-87-28-47(80)66-11-5-31(67)6-12-66/h29-34H,1-28,51H2,(H,52,70)(H,53,71)(H,54,68)(H,55,69)(H,56,74)(H,57,75)(H,58,72)(H,59,73)(H,60,81)(H,61,82)(H,62,76)(H,63,77)(H,83,84)/t32-,33-,34-/m0/s1. The molecule has 0 radical (unpaired) electrons. The lowest BCUT2D eigenvalue weighted by molar-refractivity contribution is -0.141. The molecule has 0 aromatic carbocycles. The second-order valence-electron chi connectivity index (χ2n) is 20.7. The van der Waals surface area contributed by atoms with Gasteiger partial charge in [0.05, 0.1) is 88.7 Å². The zero-order valence-corrected chi connectivity index (χ0v) is 50.3.